The first-order chi connectivity index (χ1) is 18.8. The number of alkyl halides is 1. The molecular weight excluding hydrogens is 649 g/mol. The molecule has 1 aromatic heterocycles. The summed E-state index contributed by atoms with van der Waals surface area (Å²) in [5, 5.41) is 9.51. The van der Waals surface area contributed by atoms with Gasteiger partial charge in [-0.25, -0.2) is 27.3 Å². The Kier molecular flexibility index (Phi) is 13.6. The molecule has 0 radical (unpaired) electrons. The molecule has 1 aromatic rings. The monoisotopic (exact) mass is 677 g/mol. The van der Waals surface area contributed by atoms with Gasteiger partial charge in [-0.2, -0.15) is 0 Å². The Morgan fingerprint density at radius 1 is 1.26 bits per heavy atom. The van der Waals surface area contributed by atoms with Crippen LogP contribution < -0.4 is 40.2 Å². The Morgan fingerprint density at radius 3 is 2.40 bits per heavy atom. The molecule has 0 unspecified atom stereocenters. The zero-order valence-electron chi connectivity index (χ0n) is 23.9. The number of anilines is 1. The summed E-state index contributed by atoms with van der Waals surface area (Å²) in [6.45, 7) is 9.09. The number of rotatable bonds is 13. The minimum absolute atomic E-state index is 0. The normalized spacial score (nSPS) is 17.4. The third-order valence-corrected chi connectivity index (χ3v) is 8.89. The van der Waals surface area contributed by atoms with Crippen LogP contribution in [0.4, 0.5) is 5.13 Å². The summed E-state index contributed by atoms with van der Waals surface area (Å²) in [7, 11) is -6.03. The van der Waals surface area contributed by atoms with Gasteiger partial charge in [-0.15, -0.1) is 22.9 Å². The number of esters is 2. The number of carbonyl (C=O) groups excluding carboxylic acids is 5. The summed E-state index contributed by atoms with van der Waals surface area (Å²) in [5.41, 5.74) is -2.53. The standard InChI is InChI=1S/C21H30ClN5O11S2Si.Na/c1-21(2,19(32)37-7-8-41(4,5)6)38-26-13(11-10-39-20(23-11)24-12(28)9-22)16(29)25-14-15(18(31)36-3)27(17(14)30)40(33,34)35;/h10,14-15H,7-9H2,1-6H3,(H,25,29)(H,23,24,28)(H,33,34,35);/q;+1/p-1/t14-,15-;/m0./s1. The molecule has 42 heavy (non-hydrogen) atoms. The topological polar surface area (TPSA) is 223 Å². The van der Waals surface area contributed by atoms with Gasteiger partial charge in [0.2, 0.25) is 11.5 Å². The number of aromatic nitrogens is 1. The molecule has 0 bridgehead atoms. The van der Waals surface area contributed by atoms with E-state index in [4.69, 9.17) is 21.2 Å². The number of halogens is 1. The zero-order valence-corrected chi connectivity index (χ0v) is 29.3. The van der Waals surface area contributed by atoms with E-state index in [-0.39, 0.29) is 57.2 Å². The second-order valence-corrected chi connectivity index (χ2v) is 18.2. The van der Waals surface area contributed by atoms with E-state index >= 15 is 0 Å². The molecule has 2 N–H and O–H groups in total. The molecule has 1 fully saturated rings. The van der Waals surface area contributed by atoms with E-state index in [0.717, 1.165) is 18.4 Å². The van der Waals surface area contributed by atoms with Crippen molar-refractivity contribution in [1.29, 1.82) is 0 Å². The van der Waals surface area contributed by atoms with Crippen LogP contribution in [-0.2, 0) is 48.6 Å². The molecule has 1 aliphatic heterocycles. The Bertz CT molecular complexity index is 1350. The smallest absolute Gasteiger partial charge is 0.731 e. The fourth-order valence-electron chi connectivity index (χ4n) is 3.03. The van der Waals surface area contributed by atoms with Gasteiger partial charge in [0.05, 0.1) is 13.7 Å². The van der Waals surface area contributed by atoms with Crippen molar-refractivity contribution in [3.8, 4) is 0 Å². The van der Waals surface area contributed by atoms with Gasteiger partial charge in [0.25, 0.3) is 11.8 Å². The van der Waals surface area contributed by atoms with Crippen LogP contribution in [-0.4, -0.2) is 103 Å². The first-order valence-electron chi connectivity index (χ1n) is 11.7. The molecule has 2 atom stereocenters. The summed E-state index contributed by atoms with van der Waals surface area (Å²) in [5.74, 6) is -5.67. The van der Waals surface area contributed by atoms with Gasteiger partial charge in [-0.1, -0.05) is 24.8 Å². The third kappa shape index (κ3) is 9.96. The fraction of sp³-hybridized carbons (Fsp3) is 0.571. The number of hydrogen-bond donors (Lipinski definition) is 2. The van der Waals surface area contributed by atoms with Gasteiger partial charge >= 0.3 is 41.5 Å². The number of amides is 3. The van der Waals surface area contributed by atoms with Crippen LogP contribution in [0.3, 0.4) is 0 Å². The van der Waals surface area contributed by atoms with Gasteiger partial charge in [0.15, 0.2) is 27.2 Å². The van der Waals surface area contributed by atoms with E-state index in [1.54, 1.807) is 0 Å². The molecule has 0 aliphatic carbocycles. The summed E-state index contributed by atoms with van der Waals surface area (Å²) in [6.07, 6.45) is 0. The van der Waals surface area contributed by atoms with Gasteiger partial charge in [-0.3, -0.25) is 14.4 Å². The number of hydrogen-bond acceptors (Lipinski definition) is 14. The van der Waals surface area contributed by atoms with E-state index < -0.39 is 71.4 Å². The zero-order chi connectivity index (χ0) is 31.3. The average molecular weight is 678 g/mol. The van der Waals surface area contributed by atoms with Crippen molar-refractivity contribution < 1.29 is 80.8 Å². The number of oxime groups is 1. The van der Waals surface area contributed by atoms with Crippen molar-refractivity contribution in [2.75, 3.05) is 24.9 Å². The molecule has 2 heterocycles. The van der Waals surface area contributed by atoms with Crippen LogP contribution >= 0.6 is 22.9 Å². The second-order valence-electron chi connectivity index (χ2n) is 10.2. The van der Waals surface area contributed by atoms with Gasteiger partial charge in [0, 0.05) is 13.5 Å². The Morgan fingerprint density at radius 2 is 1.88 bits per heavy atom. The number of nitrogens with zero attached hydrogens (tertiary/aromatic N) is 3. The SMILES string of the molecule is COC(=O)[C@@H]1[C@H](NC(=O)C(=NOC(C)(C)C(=O)OCC[Si](C)(C)C)c2csc(NC(=O)CCl)n2)C(=O)N1S(=O)(=O)[O-].[Na+]. The molecule has 2 rings (SSSR count). The van der Waals surface area contributed by atoms with E-state index in [1.807, 2.05) is 0 Å². The summed E-state index contributed by atoms with van der Waals surface area (Å²) in [6, 6.07) is -3.11. The average Bonchev–Trinajstić information content (AvgIpc) is 3.31. The van der Waals surface area contributed by atoms with E-state index in [0.29, 0.717) is 6.04 Å². The van der Waals surface area contributed by atoms with Crippen molar-refractivity contribution in [2.24, 2.45) is 5.16 Å². The van der Waals surface area contributed by atoms with Crippen LogP contribution in [0.2, 0.25) is 25.7 Å². The predicted molar refractivity (Wildman–Crippen MR) is 147 cm³/mol. The Labute approximate surface area is 274 Å². The molecule has 21 heteroatoms. The van der Waals surface area contributed by atoms with Crippen LogP contribution in [0.1, 0.15) is 19.5 Å². The Hall–Kier alpha value is -2.13. The van der Waals surface area contributed by atoms with Crippen molar-refractivity contribution in [1.82, 2.24) is 14.6 Å². The quantitative estimate of drug-likeness (QED) is 0.0406. The van der Waals surface area contributed by atoms with Gasteiger partial charge in [0.1, 0.15) is 17.6 Å². The number of carbonyl (C=O) groups is 5. The Balaban J connectivity index is 0.00000882. The predicted octanol–water partition coefficient (Wildman–Crippen LogP) is -2.97. The van der Waals surface area contributed by atoms with Crippen molar-refractivity contribution in [3.05, 3.63) is 11.1 Å². The number of β-lactam (4-membered cyclic amide) rings is 1. The number of thiazole rings is 1. The van der Waals surface area contributed by atoms with Crippen LogP contribution in [0, 0.1) is 0 Å². The summed E-state index contributed by atoms with van der Waals surface area (Å²) >= 11 is 6.35. The number of ether oxygens (including phenoxy) is 2. The number of methoxy groups -OCH3 is 1. The van der Waals surface area contributed by atoms with Gasteiger partial charge < -0.3 is 29.5 Å². The molecule has 0 aromatic carbocycles. The molecule has 0 saturated carbocycles. The molecule has 1 saturated heterocycles. The van der Waals surface area contributed by atoms with Crippen LogP contribution in [0.25, 0.3) is 0 Å². The minimum atomic E-state index is -5.41. The second kappa shape index (κ2) is 15.0. The van der Waals surface area contributed by atoms with Crippen molar-refractivity contribution in [2.45, 2.75) is 57.2 Å². The minimum Gasteiger partial charge on any atom is -0.731 e. The molecule has 0 spiro atoms. The van der Waals surface area contributed by atoms with E-state index in [2.05, 4.69) is 45.2 Å². The molecule has 1 aliphatic rings. The van der Waals surface area contributed by atoms with Crippen molar-refractivity contribution in [3.63, 3.8) is 0 Å². The first kappa shape index (κ1) is 37.9. The van der Waals surface area contributed by atoms with Crippen LogP contribution in [0.15, 0.2) is 10.5 Å². The summed E-state index contributed by atoms with van der Waals surface area (Å²) in [4.78, 5) is 71.4. The van der Waals surface area contributed by atoms with Crippen molar-refractivity contribution >= 4 is 81.8 Å². The maximum Gasteiger partial charge on any atom is 1.00 e. The maximum absolute atomic E-state index is 13.2. The molecule has 16 nitrogen and oxygen atoms in total. The fourth-order valence-corrected chi connectivity index (χ4v) is 5.35. The molecule has 3 amide bonds. The third-order valence-electron chi connectivity index (χ3n) is 5.29. The molecular formula is C21H29ClN5NaO11S2Si. The van der Waals surface area contributed by atoms with Crippen LogP contribution in [0.5, 0.6) is 0 Å². The largest absolute Gasteiger partial charge is 1.00 e. The van der Waals surface area contributed by atoms with E-state index in [1.165, 1.54) is 19.2 Å². The molecule has 228 valence electrons. The summed E-state index contributed by atoms with van der Waals surface area (Å²) < 4.78 is 43.8. The van der Waals surface area contributed by atoms with Gasteiger partial charge in [-0.05, 0) is 19.9 Å². The maximum atomic E-state index is 13.2. The first-order valence-corrected chi connectivity index (χ1v) is 18.2. The van der Waals surface area contributed by atoms with E-state index in [9.17, 15) is 36.9 Å². The number of nitrogens with one attached hydrogen (secondary N) is 2.